The van der Waals surface area contributed by atoms with Crippen molar-refractivity contribution in [3.8, 4) is 6.07 Å². The summed E-state index contributed by atoms with van der Waals surface area (Å²) >= 11 is 0. The van der Waals surface area contributed by atoms with Crippen LogP contribution in [0.25, 0.3) is 0 Å². The molecule has 1 N–H and O–H groups in total. The normalized spacial score (nSPS) is 34.7. The lowest BCUT2D eigenvalue weighted by atomic mass is 9.70. The fourth-order valence-corrected chi connectivity index (χ4v) is 2.52. The monoisotopic (exact) mass is 211 g/mol. The topological polar surface area (TPSA) is 62.5 Å². The zero-order valence-corrected chi connectivity index (χ0v) is 9.03. The highest BCUT2D eigenvalue weighted by atomic mass is 16.5. The van der Waals surface area contributed by atoms with Gasteiger partial charge in [-0.15, -0.1) is 0 Å². The standard InChI is InChI=1S/C11H17NO3/c1-14-8-11(13,9-2-3-9)10(6-12)4-5-15-7-10/h9,13H,2-5,7-8H2,1H3. The summed E-state index contributed by atoms with van der Waals surface area (Å²) < 4.78 is 10.4. The minimum absolute atomic E-state index is 0.207. The first-order chi connectivity index (χ1) is 7.18. The van der Waals surface area contributed by atoms with Crippen molar-refractivity contribution in [2.45, 2.75) is 24.9 Å². The zero-order valence-electron chi connectivity index (χ0n) is 9.03. The predicted octanol–water partition coefficient (Wildman–Crippen LogP) is 0.704. The summed E-state index contributed by atoms with van der Waals surface area (Å²) in [4.78, 5) is 0. The molecule has 2 rings (SSSR count). The van der Waals surface area contributed by atoms with E-state index in [1.54, 1.807) is 7.11 Å². The Labute approximate surface area is 89.8 Å². The van der Waals surface area contributed by atoms with Gasteiger partial charge in [-0.05, 0) is 25.2 Å². The van der Waals surface area contributed by atoms with Gasteiger partial charge < -0.3 is 14.6 Å². The van der Waals surface area contributed by atoms with Crippen LogP contribution in [0.3, 0.4) is 0 Å². The Morgan fingerprint density at radius 3 is 2.80 bits per heavy atom. The first-order valence-electron chi connectivity index (χ1n) is 5.39. The van der Waals surface area contributed by atoms with Gasteiger partial charge in [0.25, 0.3) is 0 Å². The first kappa shape index (κ1) is 10.9. The second kappa shape index (κ2) is 3.75. The minimum atomic E-state index is -1.02. The molecule has 0 radical (unpaired) electrons. The van der Waals surface area contributed by atoms with Crippen molar-refractivity contribution < 1.29 is 14.6 Å². The summed E-state index contributed by atoms with van der Waals surface area (Å²) in [6.07, 6.45) is 2.59. The van der Waals surface area contributed by atoms with Crippen molar-refractivity contribution >= 4 is 0 Å². The molecule has 0 amide bonds. The van der Waals surface area contributed by atoms with E-state index in [9.17, 15) is 10.4 Å². The molecule has 2 aliphatic rings. The van der Waals surface area contributed by atoms with E-state index in [2.05, 4.69) is 6.07 Å². The Balaban J connectivity index is 2.25. The van der Waals surface area contributed by atoms with Gasteiger partial charge in [0.05, 0.1) is 19.3 Å². The summed E-state index contributed by atoms with van der Waals surface area (Å²) in [5.74, 6) is 0.207. The summed E-state index contributed by atoms with van der Waals surface area (Å²) in [6.45, 7) is 1.13. The maximum Gasteiger partial charge on any atom is 0.114 e. The van der Waals surface area contributed by atoms with E-state index < -0.39 is 11.0 Å². The molecule has 1 aliphatic carbocycles. The van der Waals surface area contributed by atoms with Crippen molar-refractivity contribution in [2.75, 3.05) is 26.9 Å². The molecule has 0 aromatic carbocycles. The SMILES string of the molecule is COCC(O)(C1CC1)C1(C#N)CCOC1. The minimum Gasteiger partial charge on any atom is -0.385 e. The van der Waals surface area contributed by atoms with Crippen molar-refractivity contribution in [1.29, 1.82) is 5.26 Å². The summed E-state index contributed by atoms with van der Waals surface area (Å²) in [5.41, 5.74) is -1.78. The zero-order chi connectivity index (χ0) is 10.9. The molecule has 1 heterocycles. The van der Waals surface area contributed by atoms with Crippen LogP contribution in [-0.4, -0.2) is 37.6 Å². The molecule has 4 heteroatoms. The molecule has 0 spiro atoms. The largest absolute Gasteiger partial charge is 0.385 e. The van der Waals surface area contributed by atoms with E-state index in [1.165, 1.54) is 0 Å². The molecule has 0 aromatic heterocycles. The lowest BCUT2D eigenvalue weighted by Gasteiger charge is -2.39. The fraction of sp³-hybridized carbons (Fsp3) is 0.909. The molecule has 0 bridgehead atoms. The Hall–Kier alpha value is -0.630. The molecule has 2 fully saturated rings. The van der Waals surface area contributed by atoms with E-state index >= 15 is 0 Å². The molecule has 2 unspecified atom stereocenters. The Bertz CT molecular complexity index is 276. The highest BCUT2D eigenvalue weighted by Crippen LogP contribution is 2.52. The first-order valence-corrected chi connectivity index (χ1v) is 5.39. The Morgan fingerprint density at radius 1 is 1.67 bits per heavy atom. The molecule has 15 heavy (non-hydrogen) atoms. The average Bonchev–Trinajstić information content (AvgIpc) is 2.97. The quantitative estimate of drug-likeness (QED) is 0.743. The Morgan fingerprint density at radius 2 is 2.40 bits per heavy atom. The van der Waals surface area contributed by atoms with Crippen LogP contribution >= 0.6 is 0 Å². The van der Waals surface area contributed by atoms with Gasteiger partial charge in [-0.3, -0.25) is 0 Å². The third-order valence-electron chi connectivity index (χ3n) is 3.68. The van der Waals surface area contributed by atoms with Crippen molar-refractivity contribution in [3.63, 3.8) is 0 Å². The lowest BCUT2D eigenvalue weighted by Crippen LogP contribution is -2.53. The average molecular weight is 211 g/mol. The molecular weight excluding hydrogens is 194 g/mol. The number of aliphatic hydroxyl groups is 1. The van der Waals surface area contributed by atoms with Crippen molar-refractivity contribution in [2.24, 2.45) is 11.3 Å². The van der Waals surface area contributed by atoms with Gasteiger partial charge in [-0.2, -0.15) is 5.26 Å². The maximum atomic E-state index is 10.7. The number of nitrogens with zero attached hydrogens (tertiary/aromatic N) is 1. The van der Waals surface area contributed by atoms with E-state index in [0.29, 0.717) is 19.6 Å². The molecule has 2 atom stereocenters. The van der Waals surface area contributed by atoms with Crippen LogP contribution in [0, 0.1) is 22.7 Å². The van der Waals surface area contributed by atoms with Crippen LogP contribution in [0.1, 0.15) is 19.3 Å². The van der Waals surface area contributed by atoms with Gasteiger partial charge in [0, 0.05) is 13.7 Å². The van der Waals surface area contributed by atoms with Gasteiger partial charge in [0.2, 0.25) is 0 Å². The smallest absolute Gasteiger partial charge is 0.114 e. The molecule has 1 saturated heterocycles. The van der Waals surface area contributed by atoms with Crippen LogP contribution in [0.4, 0.5) is 0 Å². The van der Waals surface area contributed by atoms with Gasteiger partial charge in [0.1, 0.15) is 11.0 Å². The number of ether oxygens (including phenoxy) is 2. The third kappa shape index (κ3) is 1.55. The van der Waals surface area contributed by atoms with Crippen LogP contribution in [0.2, 0.25) is 0 Å². The predicted molar refractivity (Wildman–Crippen MR) is 53.0 cm³/mol. The lowest BCUT2D eigenvalue weighted by molar-refractivity contribution is -0.118. The summed E-state index contributed by atoms with van der Waals surface area (Å²) in [5, 5.41) is 20.0. The fourth-order valence-electron chi connectivity index (χ4n) is 2.52. The second-order valence-corrected chi connectivity index (χ2v) is 4.63. The molecule has 1 aliphatic heterocycles. The van der Waals surface area contributed by atoms with Crippen LogP contribution in [0.15, 0.2) is 0 Å². The van der Waals surface area contributed by atoms with E-state index in [-0.39, 0.29) is 12.5 Å². The van der Waals surface area contributed by atoms with Crippen molar-refractivity contribution in [3.05, 3.63) is 0 Å². The van der Waals surface area contributed by atoms with E-state index in [4.69, 9.17) is 9.47 Å². The number of rotatable bonds is 4. The van der Waals surface area contributed by atoms with E-state index in [1.807, 2.05) is 0 Å². The molecule has 4 nitrogen and oxygen atoms in total. The van der Waals surface area contributed by atoms with E-state index in [0.717, 1.165) is 12.8 Å². The van der Waals surface area contributed by atoms with Crippen LogP contribution in [-0.2, 0) is 9.47 Å². The summed E-state index contributed by atoms with van der Waals surface area (Å²) in [7, 11) is 1.56. The maximum absolute atomic E-state index is 10.7. The van der Waals surface area contributed by atoms with Gasteiger partial charge in [-0.1, -0.05) is 0 Å². The number of nitriles is 1. The van der Waals surface area contributed by atoms with Crippen molar-refractivity contribution in [1.82, 2.24) is 0 Å². The molecular formula is C11H17NO3. The molecule has 0 aromatic rings. The van der Waals surface area contributed by atoms with Gasteiger partial charge >= 0.3 is 0 Å². The number of methoxy groups -OCH3 is 1. The number of hydrogen-bond acceptors (Lipinski definition) is 4. The molecule has 84 valence electrons. The third-order valence-corrected chi connectivity index (χ3v) is 3.68. The van der Waals surface area contributed by atoms with Crippen LogP contribution in [0.5, 0.6) is 0 Å². The summed E-state index contributed by atoms with van der Waals surface area (Å²) in [6, 6.07) is 2.27. The second-order valence-electron chi connectivity index (χ2n) is 4.63. The highest BCUT2D eigenvalue weighted by molar-refractivity contribution is 5.18. The Kier molecular flexibility index (Phi) is 2.72. The molecule has 1 saturated carbocycles. The highest BCUT2D eigenvalue weighted by Gasteiger charge is 2.60. The van der Waals surface area contributed by atoms with Crippen LogP contribution < -0.4 is 0 Å². The van der Waals surface area contributed by atoms with Gasteiger partial charge in [0.15, 0.2) is 0 Å². The number of hydrogen-bond donors (Lipinski definition) is 1. The van der Waals surface area contributed by atoms with Gasteiger partial charge in [-0.25, -0.2) is 0 Å².